The van der Waals surface area contributed by atoms with Crippen molar-refractivity contribution in [2.24, 2.45) is 4.99 Å². The number of para-hydroxylation sites is 1. The Morgan fingerprint density at radius 3 is 2.38 bits per heavy atom. The summed E-state index contributed by atoms with van der Waals surface area (Å²) in [4.78, 5) is 4.14. The van der Waals surface area contributed by atoms with Crippen LogP contribution in [0.2, 0.25) is 0 Å². The van der Waals surface area contributed by atoms with Crippen LogP contribution < -0.4 is 10.6 Å². The highest BCUT2D eigenvalue weighted by molar-refractivity contribution is 5.79. The molecule has 0 spiro atoms. The molecule has 2 N–H and O–H groups in total. The Balaban J connectivity index is 1.46. The van der Waals surface area contributed by atoms with E-state index < -0.39 is 11.7 Å². The van der Waals surface area contributed by atoms with Gasteiger partial charge in [-0.2, -0.15) is 18.3 Å². The molecular formula is C21H22F3N5. The smallest absolute Gasteiger partial charge is 0.356 e. The van der Waals surface area contributed by atoms with Crippen LogP contribution in [0.3, 0.4) is 0 Å². The van der Waals surface area contributed by atoms with Crippen LogP contribution in [0.1, 0.15) is 16.7 Å². The molecule has 8 heteroatoms. The molecule has 0 unspecified atom stereocenters. The van der Waals surface area contributed by atoms with E-state index in [1.54, 1.807) is 7.05 Å². The minimum Gasteiger partial charge on any atom is -0.356 e. The van der Waals surface area contributed by atoms with Gasteiger partial charge in [-0.3, -0.25) is 4.99 Å². The van der Waals surface area contributed by atoms with E-state index in [4.69, 9.17) is 0 Å². The van der Waals surface area contributed by atoms with Gasteiger partial charge in [-0.25, -0.2) is 4.68 Å². The van der Waals surface area contributed by atoms with Gasteiger partial charge in [0.2, 0.25) is 0 Å². The number of aliphatic imine (C=N–C) groups is 1. The molecule has 0 atom stereocenters. The molecule has 3 rings (SSSR count). The van der Waals surface area contributed by atoms with Gasteiger partial charge in [0.1, 0.15) is 0 Å². The van der Waals surface area contributed by atoms with Crippen LogP contribution in [0.5, 0.6) is 0 Å². The zero-order chi connectivity index (χ0) is 20.7. The molecule has 0 aliphatic heterocycles. The number of guanidine groups is 1. The quantitative estimate of drug-likeness (QED) is 0.488. The van der Waals surface area contributed by atoms with Gasteiger partial charge in [-0.05, 0) is 41.8 Å². The number of alkyl halides is 3. The van der Waals surface area contributed by atoms with Crippen LogP contribution in [0.25, 0.3) is 5.69 Å². The van der Waals surface area contributed by atoms with Crippen molar-refractivity contribution in [3.05, 3.63) is 83.7 Å². The third-order valence-corrected chi connectivity index (χ3v) is 4.33. The maximum absolute atomic E-state index is 12.6. The highest BCUT2D eigenvalue weighted by Crippen LogP contribution is 2.29. The normalized spacial score (nSPS) is 12.1. The van der Waals surface area contributed by atoms with Gasteiger partial charge in [0.05, 0.1) is 17.4 Å². The predicted molar refractivity (Wildman–Crippen MR) is 107 cm³/mol. The highest BCUT2D eigenvalue weighted by Gasteiger charge is 2.29. The molecule has 0 bridgehead atoms. The number of halogens is 3. The van der Waals surface area contributed by atoms with Crippen molar-refractivity contribution in [3.63, 3.8) is 0 Å². The number of nitrogens with zero attached hydrogens (tertiary/aromatic N) is 3. The third kappa shape index (κ3) is 5.84. The Bertz CT molecular complexity index is 931. The van der Waals surface area contributed by atoms with E-state index in [0.717, 1.165) is 35.4 Å². The highest BCUT2D eigenvalue weighted by atomic mass is 19.4. The van der Waals surface area contributed by atoms with E-state index in [9.17, 15) is 13.2 Å². The molecule has 2 aromatic carbocycles. The lowest BCUT2D eigenvalue weighted by Crippen LogP contribution is -2.37. The molecule has 0 amide bonds. The second kappa shape index (κ2) is 9.27. The zero-order valence-corrected chi connectivity index (χ0v) is 15.9. The monoisotopic (exact) mass is 401 g/mol. The van der Waals surface area contributed by atoms with Crippen molar-refractivity contribution in [1.82, 2.24) is 20.4 Å². The molecule has 3 aromatic rings. The van der Waals surface area contributed by atoms with E-state index >= 15 is 0 Å². The first-order valence-corrected chi connectivity index (χ1v) is 9.15. The number of hydrogen-bond donors (Lipinski definition) is 2. The van der Waals surface area contributed by atoms with Crippen LogP contribution in [-0.4, -0.2) is 29.3 Å². The molecule has 0 fully saturated rings. The minimum absolute atomic E-state index is 0.379. The lowest BCUT2D eigenvalue weighted by Gasteiger charge is -2.12. The van der Waals surface area contributed by atoms with Crippen molar-refractivity contribution in [2.45, 2.75) is 19.1 Å². The summed E-state index contributed by atoms with van der Waals surface area (Å²) in [6.07, 6.45) is 0.244. The Kier molecular flexibility index (Phi) is 6.54. The summed E-state index contributed by atoms with van der Waals surface area (Å²) in [5, 5.41) is 10.7. The van der Waals surface area contributed by atoms with Gasteiger partial charge in [-0.1, -0.05) is 30.3 Å². The number of nitrogens with one attached hydrogen (secondary N) is 2. The second-order valence-electron chi connectivity index (χ2n) is 6.43. The average Bonchev–Trinajstić information content (AvgIpc) is 3.20. The first-order valence-electron chi connectivity index (χ1n) is 9.15. The van der Waals surface area contributed by atoms with Crippen LogP contribution in [-0.2, 0) is 19.1 Å². The van der Waals surface area contributed by atoms with Crippen molar-refractivity contribution >= 4 is 5.96 Å². The molecule has 152 valence electrons. The number of aromatic nitrogens is 2. The number of hydrogen-bond acceptors (Lipinski definition) is 2. The summed E-state index contributed by atoms with van der Waals surface area (Å²) in [7, 11) is 1.65. The molecular weight excluding hydrogens is 379 g/mol. The van der Waals surface area contributed by atoms with Gasteiger partial charge in [0, 0.05) is 26.3 Å². The summed E-state index contributed by atoms with van der Waals surface area (Å²) in [6, 6.07) is 14.9. The Morgan fingerprint density at radius 2 is 1.72 bits per heavy atom. The largest absolute Gasteiger partial charge is 0.416 e. The number of benzene rings is 2. The van der Waals surface area contributed by atoms with Gasteiger partial charge < -0.3 is 10.6 Å². The van der Waals surface area contributed by atoms with E-state index in [1.807, 2.05) is 47.4 Å². The van der Waals surface area contributed by atoms with Crippen LogP contribution in [0, 0.1) is 0 Å². The van der Waals surface area contributed by atoms with Gasteiger partial charge in [-0.15, -0.1) is 0 Å². The number of rotatable bonds is 6. The molecule has 0 aliphatic rings. The molecule has 0 radical (unpaired) electrons. The fourth-order valence-electron chi connectivity index (χ4n) is 2.75. The summed E-state index contributed by atoms with van der Waals surface area (Å²) in [5.41, 5.74) is 2.17. The molecule has 0 saturated carbocycles. The Labute approximate surface area is 167 Å². The molecule has 0 saturated heterocycles. The van der Waals surface area contributed by atoms with Crippen LogP contribution in [0.15, 0.2) is 72.0 Å². The van der Waals surface area contributed by atoms with E-state index in [1.165, 1.54) is 12.1 Å². The third-order valence-electron chi connectivity index (χ3n) is 4.33. The summed E-state index contributed by atoms with van der Waals surface area (Å²) >= 11 is 0. The minimum atomic E-state index is -4.32. The van der Waals surface area contributed by atoms with E-state index in [2.05, 4.69) is 20.7 Å². The Hall–Kier alpha value is -3.29. The van der Waals surface area contributed by atoms with E-state index in [0.29, 0.717) is 19.0 Å². The SMILES string of the molecule is CN=C(NCCc1cnn(-c2ccccc2)c1)NCc1ccc(C(F)(F)F)cc1. The standard InChI is InChI=1S/C21H22F3N5/c1-25-20(27-13-16-7-9-18(10-8-16)21(22,23)24)26-12-11-17-14-28-29(15-17)19-5-3-2-4-6-19/h2-10,14-15H,11-13H2,1H3,(H2,25,26,27). The van der Waals surface area contributed by atoms with Gasteiger partial charge >= 0.3 is 6.18 Å². The van der Waals surface area contributed by atoms with Crippen molar-refractivity contribution in [3.8, 4) is 5.69 Å². The molecule has 1 heterocycles. The van der Waals surface area contributed by atoms with Gasteiger partial charge in [0.15, 0.2) is 5.96 Å². The second-order valence-corrected chi connectivity index (χ2v) is 6.43. The zero-order valence-electron chi connectivity index (χ0n) is 15.9. The first-order chi connectivity index (χ1) is 14.0. The fraction of sp³-hybridized carbons (Fsp3) is 0.238. The Morgan fingerprint density at radius 1 is 1.00 bits per heavy atom. The predicted octanol–water partition coefficient (Wildman–Crippen LogP) is 3.80. The van der Waals surface area contributed by atoms with Gasteiger partial charge in [0.25, 0.3) is 0 Å². The first kappa shape index (κ1) is 20.4. The van der Waals surface area contributed by atoms with Crippen molar-refractivity contribution in [1.29, 1.82) is 0 Å². The fourth-order valence-corrected chi connectivity index (χ4v) is 2.75. The lowest BCUT2D eigenvalue weighted by molar-refractivity contribution is -0.137. The topological polar surface area (TPSA) is 54.2 Å². The average molecular weight is 401 g/mol. The molecule has 0 aliphatic carbocycles. The van der Waals surface area contributed by atoms with E-state index in [-0.39, 0.29) is 0 Å². The summed E-state index contributed by atoms with van der Waals surface area (Å²) < 4.78 is 39.7. The van der Waals surface area contributed by atoms with Crippen LogP contribution >= 0.6 is 0 Å². The maximum Gasteiger partial charge on any atom is 0.416 e. The lowest BCUT2D eigenvalue weighted by atomic mass is 10.1. The van der Waals surface area contributed by atoms with Crippen molar-refractivity contribution in [2.75, 3.05) is 13.6 Å². The van der Waals surface area contributed by atoms with Crippen molar-refractivity contribution < 1.29 is 13.2 Å². The molecule has 29 heavy (non-hydrogen) atoms. The van der Waals surface area contributed by atoms with Crippen LogP contribution in [0.4, 0.5) is 13.2 Å². The summed E-state index contributed by atoms with van der Waals surface area (Å²) in [5.74, 6) is 0.584. The molecule has 1 aromatic heterocycles. The molecule has 5 nitrogen and oxygen atoms in total. The summed E-state index contributed by atoms with van der Waals surface area (Å²) in [6.45, 7) is 1.02. The maximum atomic E-state index is 12.6.